The number of alkyl halides is 2. The zero-order chi connectivity index (χ0) is 22.9. The fourth-order valence-electron chi connectivity index (χ4n) is 4.57. The van der Waals surface area contributed by atoms with Gasteiger partial charge in [0.05, 0.1) is 17.3 Å². The quantitative estimate of drug-likeness (QED) is 0.679. The third kappa shape index (κ3) is 4.68. The molecule has 32 heavy (non-hydrogen) atoms. The predicted molar refractivity (Wildman–Crippen MR) is 116 cm³/mol. The summed E-state index contributed by atoms with van der Waals surface area (Å²) < 4.78 is 55.1. The highest BCUT2D eigenvalue weighted by atomic mass is 32.2. The maximum atomic E-state index is 13.6. The van der Waals surface area contributed by atoms with Crippen LogP contribution in [0.5, 0.6) is 0 Å². The van der Waals surface area contributed by atoms with Crippen LogP contribution in [0.25, 0.3) is 11.3 Å². The Labute approximate surface area is 187 Å². The second-order valence-electron chi connectivity index (χ2n) is 8.62. The first-order chi connectivity index (χ1) is 15.2. The first kappa shape index (κ1) is 22.8. The summed E-state index contributed by atoms with van der Waals surface area (Å²) >= 11 is 0. The number of likely N-dealkylation sites (tertiary alicyclic amines) is 1. The average Bonchev–Trinajstić information content (AvgIpc) is 3.30. The summed E-state index contributed by atoms with van der Waals surface area (Å²) in [6, 6.07) is 13.8. The van der Waals surface area contributed by atoms with Crippen LogP contribution < -0.4 is 0 Å². The Morgan fingerprint density at radius 2 is 1.75 bits per heavy atom. The molecule has 2 aromatic rings. The van der Waals surface area contributed by atoms with Crippen molar-refractivity contribution in [2.24, 2.45) is 5.92 Å². The number of aromatic nitrogens is 1. The molecule has 0 saturated carbocycles. The van der Waals surface area contributed by atoms with Crippen LogP contribution in [0.3, 0.4) is 0 Å². The lowest BCUT2D eigenvalue weighted by Crippen LogP contribution is -2.45. The van der Waals surface area contributed by atoms with Gasteiger partial charge in [0.25, 0.3) is 10.0 Å². The topological polar surface area (TPSA) is 77.3 Å². The van der Waals surface area contributed by atoms with E-state index in [1.165, 1.54) is 10.4 Å². The molecule has 6 nitrogen and oxygen atoms in total. The van der Waals surface area contributed by atoms with Crippen molar-refractivity contribution >= 4 is 10.0 Å². The fourth-order valence-corrected chi connectivity index (χ4v) is 6.01. The average molecular weight is 461 g/mol. The molecular formula is C23H26F2N4O2S. The third-order valence-electron chi connectivity index (χ3n) is 6.53. The van der Waals surface area contributed by atoms with E-state index in [1.54, 1.807) is 36.4 Å². The number of sulfonamides is 1. The number of piperidine rings is 1. The molecule has 0 bridgehead atoms. The van der Waals surface area contributed by atoms with E-state index in [-0.39, 0.29) is 11.1 Å². The predicted octanol–water partition coefficient (Wildman–Crippen LogP) is 3.75. The van der Waals surface area contributed by atoms with E-state index >= 15 is 0 Å². The van der Waals surface area contributed by atoms with E-state index in [9.17, 15) is 17.2 Å². The van der Waals surface area contributed by atoms with Gasteiger partial charge in [0.2, 0.25) is 5.92 Å². The summed E-state index contributed by atoms with van der Waals surface area (Å²) in [5, 5.41) is 8.94. The molecule has 0 radical (unpaired) electrons. The molecule has 1 aromatic heterocycles. The molecule has 9 heteroatoms. The molecule has 4 rings (SSSR count). The van der Waals surface area contributed by atoms with Gasteiger partial charge in [-0.2, -0.15) is 9.57 Å². The largest absolute Gasteiger partial charge is 0.299 e. The number of hydrogen-bond acceptors (Lipinski definition) is 5. The summed E-state index contributed by atoms with van der Waals surface area (Å²) in [5.41, 5.74) is 1.78. The molecule has 1 atom stereocenters. The van der Waals surface area contributed by atoms with Crippen molar-refractivity contribution in [2.75, 3.05) is 26.2 Å². The van der Waals surface area contributed by atoms with Crippen LogP contribution in [0.4, 0.5) is 8.78 Å². The lowest BCUT2D eigenvalue weighted by Gasteiger charge is -2.37. The van der Waals surface area contributed by atoms with Crippen molar-refractivity contribution in [3.8, 4) is 17.3 Å². The number of nitriles is 1. The van der Waals surface area contributed by atoms with E-state index in [1.807, 2.05) is 0 Å². The monoisotopic (exact) mass is 460 g/mol. The zero-order valence-corrected chi connectivity index (χ0v) is 18.7. The van der Waals surface area contributed by atoms with Gasteiger partial charge in [-0.25, -0.2) is 22.2 Å². The second-order valence-corrected chi connectivity index (χ2v) is 10.5. The Morgan fingerprint density at radius 3 is 2.38 bits per heavy atom. The zero-order valence-electron chi connectivity index (χ0n) is 17.9. The van der Waals surface area contributed by atoms with Crippen molar-refractivity contribution in [3.63, 3.8) is 0 Å². The summed E-state index contributed by atoms with van der Waals surface area (Å²) in [5.74, 6) is -3.27. The number of hydrogen-bond donors (Lipinski definition) is 0. The summed E-state index contributed by atoms with van der Waals surface area (Å²) in [7, 11) is -3.76. The second kappa shape index (κ2) is 8.85. The minimum Gasteiger partial charge on any atom is -0.299 e. The third-order valence-corrected chi connectivity index (χ3v) is 8.29. The van der Waals surface area contributed by atoms with Crippen molar-refractivity contribution in [1.29, 1.82) is 5.26 Å². The Kier molecular flexibility index (Phi) is 6.30. The van der Waals surface area contributed by atoms with Crippen molar-refractivity contribution in [1.82, 2.24) is 14.2 Å². The van der Waals surface area contributed by atoms with Crippen molar-refractivity contribution in [3.05, 3.63) is 48.0 Å². The van der Waals surface area contributed by atoms with Crippen molar-refractivity contribution in [2.45, 2.75) is 43.2 Å². The smallest absolute Gasteiger partial charge is 0.260 e. The molecule has 2 aliphatic rings. The molecule has 2 fully saturated rings. The maximum Gasteiger partial charge on any atom is 0.260 e. The molecule has 0 N–H and O–H groups in total. The maximum absolute atomic E-state index is 13.6. The fraction of sp³-hybridized carbons (Fsp3) is 0.478. The van der Waals surface area contributed by atoms with Crippen LogP contribution in [0.15, 0.2) is 47.5 Å². The van der Waals surface area contributed by atoms with Crippen LogP contribution in [0.1, 0.15) is 31.7 Å². The minimum atomic E-state index is -3.76. The van der Waals surface area contributed by atoms with Crippen LogP contribution in [-0.4, -0.2) is 60.8 Å². The SMILES string of the molecule is CC(F)(F)C1CCN(C2CCN(S(=O)(=O)c3cccc(-c4ccc(C#N)cc4)n3)C2)CC1. The lowest BCUT2D eigenvalue weighted by molar-refractivity contribution is -0.0651. The molecule has 170 valence electrons. The van der Waals surface area contributed by atoms with Gasteiger partial charge in [0.1, 0.15) is 0 Å². The summed E-state index contributed by atoms with van der Waals surface area (Å²) in [4.78, 5) is 6.53. The van der Waals surface area contributed by atoms with Crippen LogP contribution in [0.2, 0.25) is 0 Å². The van der Waals surface area contributed by atoms with Gasteiger partial charge >= 0.3 is 0 Å². The Balaban J connectivity index is 1.45. The summed E-state index contributed by atoms with van der Waals surface area (Å²) in [6.45, 7) is 2.85. The Morgan fingerprint density at radius 1 is 1.06 bits per heavy atom. The van der Waals surface area contributed by atoms with E-state index in [0.717, 1.165) is 12.5 Å². The number of benzene rings is 1. The molecule has 2 aliphatic heterocycles. The van der Waals surface area contributed by atoms with Gasteiger partial charge in [0.15, 0.2) is 5.03 Å². The first-order valence-corrected chi connectivity index (χ1v) is 12.2. The summed E-state index contributed by atoms with van der Waals surface area (Å²) in [6.07, 6.45) is 1.55. The highest BCUT2D eigenvalue weighted by Gasteiger charge is 2.40. The molecule has 0 spiro atoms. The van der Waals surface area contributed by atoms with Gasteiger partial charge in [-0.3, -0.25) is 4.90 Å². The standard InChI is InChI=1S/C23H26F2N4O2S/c1-23(24,25)19-9-12-28(13-10-19)20-11-14-29(16-20)32(30,31)22-4-2-3-21(27-22)18-7-5-17(15-26)6-8-18/h2-8,19-20H,9-14,16H2,1H3. The minimum absolute atomic E-state index is 0.00987. The number of pyridine rings is 1. The Hall–Kier alpha value is -2.41. The van der Waals surface area contributed by atoms with E-state index in [0.29, 0.717) is 56.7 Å². The molecule has 1 aromatic carbocycles. The van der Waals surface area contributed by atoms with E-state index in [4.69, 9.17) is 5.26 Å². The van der Waals surface area contributed by atoms with E-state index < -0.39 is 21.9 Å². The van der Waals surface area contributed by atoms with Gasteiger partial charge in [-0.05, 0) is 63.5 Å². The highest BCUT2D eigenvalue weighted by molar-refractivity contribution is 7.89. The molecule has 1 unspecified atom stereocenters. The van der Waals surface area contributed by atoms with Gasteiger partial charge < -0.3 is 0 Å². The van der Waals surface area contributed by atoms with Crippen LogP contribution in [0, 0.1) is 17.2 Å². The normalized spacial score (nSPS) is 21.5. The van der Waals surface area contributed by atoms with Gasteiger partial charge in [-0.1, -0.05) is 18.2 Å². The first-order valence-electron chi connectivity index (χ1n) is 10.8. The molecule has 0 aliphatic carbocycles. The van der Waals surface area contributed by atoms with Crippen LogP contribution >= 0.6 is 0 Å². The lowest BCUT2D eigenvalue weighted by atomic mass is 9.90. The van der Waals surface area contributed by atoms with Crippen LogP contribution in [-0.2, 0) is 10.0 Å². The molecular weight excluding hydrogens is 434 g/mol. The number of nitrogens with zero attached hydrogens (tertiary/aromatic N) is 4. The van der Waals surface area contributed by atoms with Gasteiger partial charge in [0, 0.05) is 30.6 Å². The molecule has 3 heterocycles. The highest BCUT2D eigenvalue weighted by Crippen LogP contribution is 2.34. The van der Waals surface area contributed by atoms with E-state index in [2.05, 4.69) is 16.0 Å². The Bertz CT molecular complexity index is 1100. The molecule has 2 saturated heterocycles. The number of rotatable bonds is 5. The van der Waals surface area contributed by atoms with Crippen molar-refractivity contribution < 1.29 is 17.2 Å². The number of halogens is 2. The van der Waals surface area contributed by atoms with Gasteiger partial charge in [-0.15, -0.1) is 0 Å². The molecule has 0 amide bonds.